The normalized spacial score (nSPS) is 14.6. The third kappa shape index (κ3) is 4.66. The van der Waals surface area contributed by atoms with Gasteiger partial charge in [0.05, 0.1) is 30.8 Å². The molecular formula is C22H22N2O4S3. The van der Waals surface area contributed by atoms with Crippen molar-refractivity contribution in [3.05, 3.63) is 32.0 Å². The van der Waals surface area contributed by atoms with Gasteiger partial charge in [-0.1, -0.05) is 13.8 Å². The average Bonchev–Trinajstić information content (AvgIpc) is 3.16. The minimum atomic E-state index is -0.450. The van der Waals surface area contributed by atoms with E-state index in [0.717, 1.165) is 11.3 Å². The lowest BCUT2D eigenvalue weighted by molar-refractivity contribution is -0.114. The molecule has 1 aliphatic carbocycles. The van der Waals surface area contributed by atoms with Crippen molar-refractivity contribution in [3.63, 3.8) is 0 Å². The van der Waals surface area contributed by atoms with E-state index in [-0.39, 0.29) is 28.5 Å². The summed E-state index contributed by atoms with van der Waals surface area (Å²) < 4.78 is 0.590. The highest BCUT2D eigenvalue weighted by molar-refractivity contribution is 8.01. The zero-order valence-corrected chi connectivity index (χ0v) is 20.4. The minimum absolute atomic E-state index is 0.0171. The van der Waals surface area contributed by atoms with Crippen LogP contribution in [-0.4, -0.2) is 29.0 Å². The van der Waals surface area contributed by atoms with E-state index < -0.39 is 5.91 Å². The lowest BCUT2D eigenvalue weighted by atomic mass is 9.75. The molecule has 0 saturated carbocycles. The summed E-state index contributed by atoms with van der Waals surface area (Å²) in [5, 5.41) is 12.9. The van der Waals surface area contributed by atoms with Crippen molar-refractivity contribution in [2.45, 2.75) is 51.7 Å². The number of rotatable bonds is 6. The van der Waals surface area contributed by atoms with Crippen LogP contribution in [0, 0.1) is 23.7 Å². The fourth-order valence-electron chi connectivity index (χ4n) is 3.64. The third-order valence-corrected chi connectivity index (χ3v) is 8.96. The number of thioether (sulfide) groups is 1. The maximum atomic E-state index is 13.2. The van der Waals surface area contributed by atoms with E-state index in [0.29, 0.717) is 54.1 Å². The molecule has 0 spiro atoms. The predicted molar refractivity (Wildman–Crippen MR) is 124 cm³/mol. The van der Waals surface area contributed by atoms with Crippen molar-refractivity contribution in [2.24, 2.45) is 5.41 Å². The van der Waals surface area contributed by atoms with Crippen LogP contribution in [0.25, 0.3) is 0 Å². The fourth-order valence-corrected chi connectivity index (χ4v) is 7.06. The molecule has 0 unspecified atom stereocenters. The van der Waals surface area contributed by atoms with Crippen molar-refractivity contribution >= 4 is 62.7 Å². The van der Waals surface area contributed by atoms with Gasteiger partial charge in [-0.2, -0.15) is 5.26 Å². The number of hydrogen-bond donors (Lipinski definition) is 1. The van der Waals surface area contributed by atoms with Crippen molar-refractivity contribution < 1.29 is 19.2 Å². The minimum Gasteiger partial charge on any atom is -0.312 e. The second-order valence-electron chi connectivity index (χ2n) is 8.39. The van der Waals surface area contributed by atoms with Crippen molar-refractivity contribution in [1.29, 1.82) is 5.26 Å². The molecule has 0 saturated heterocycles. The molecule has 0 aliphatic heterocycles. The van der Waals surface area contributed by atoms with Gasteiger partial charge >= 0.3 is 0 Å². The highest BCUT2D eigenvalue weighted by Crippen LogP contribution is 2.44. The molecule has 0 fully saturated rings. The zero-order chi connectivity index (χ0) is 23.1. The SMILES string of the molecule is CC(=O)CSc1sc(C(C)=O)c(C)c1C(=O)Nc1sc2c(c1C#N)CC(C)(C)CC2=O. The van der Waals surface area contributed by atoms with E-state index >= 15 is 0 Å². The molecule has 162 valence electrons. The number of nitriles is 1. The quantitative estimate of drug-likeness (QED) is 0.451. The van der Waals surface area contributed by atoms with Crippen LogP contribution < -0.4 is 5.32 Å². The van der Waals surface area contributed by atoms with Crippen molar-refractivity contribution in [2.75, 3.05) is 11.1 Å². The summed E-state index contributed by atoms with van der Waals surface area (Å²) >= 11 is 3.55. The molecule has 1 N–H and O–H groups in total. The van der Waals surface area contributed by atoms with Gasteiger partial charge in [0.2, 0.25) is 0 Å². The first-order chi connectivity index (χ1) is 14.4. The first kappa shape index (κ1) is 23.4. The molecule has 31 heavy (non-hydrogen) atoms. The van der Waals surface area contributed by atoms with Crippen LogP contribution in [0.5, 0.6) is 0 Å². The first-order valence-corrected chi connectivity index (χ1v) is 12.2. The molecule has 0 atom stereocenters. The summed E-state index contributed by atoms with van der Waals surface area (Å²) in [7, 11) is 0. The van der Waals surface area contributed by atoms with Crippen LogP contribution in [0.2, 0.25) is 0 Å². The zero-order valence-electron chi connectivity index (χ0n) is 17.9. The Bertz CT molecular complexity index is 1160. The number of Topliss-reactive ketones (excluding diaryl/α,β-unsaturated/α-hetero) is 3. The molecule has 1 amide bonds. The second kappa shape index (κ2) is 8.69. The van der Waals surface area contributed by atoms with Crippen molar-refractivity contribution in [3.8, 4) is 6.07 Å². The lowest BCUT2D eigenvalue weighted by Gasteiger charge is -2.28. The average molecular weight is 475 g/mol. The lowest BCUT2D eigenvalue weighted by Crippen LogP contribution is -2.26. The van der Waals surface area contributed by atoms with E-state index in [4.69, 9.17) is 0 Å². The van der Waals surface area contributed by atoms with Crippen molar-refractivity contribution in [1.82, 2.24) is 0 Å². The maximum Gasteiger partial charge on any atom is 0.258 e. The topological polar surface area (TPSA) is 104 Å². The van der Waals surface area contributed by atoms with Crippen LogP contribution in [0.4, 0.5) is 5.00 Å². The van der Waals surface area contributed by atoms with E-state index in [1.165, 1.54) is 36.9 Å². The second-order valence-corrected chi connectivity index (χ2v) is 11.7. The number of anilines is 1. The number of amides is 1. The number of hydrogen-bond acceptors (Lipinski definition) is 8. The third-order valence-electron chi connectivity index (χ3n) is 4.96. The van der Waals surface area contributed by atoms with Crippen LogP contribution in [0.1, 0.15) is 80.5 Å². The summed E-state index contributed by atoms with van der Waals surface area (Å²) in [6, 6.07) is 2.15. The van der Waals surface area contributed by atoms with Crippen LogP contribution in [0.15, 0.2) is 4.21 Å². The Morgan fingerprint density at radius 3 is 2.45 bits per heavy atom. The van der Waals surface area contributed by atoms with Gasteiger partial charge in [0.1, 0.15) is 16.9 Å². The molecular weight excluding hydrogens is 452 g/mol. The van der Waals surface area contributed by atoms with E-state index in [1.807, 2.05) is 13.8 Å². The molecule has 2 aromatic rings. The molecule has 6 nitrogen and oxygen atoms in total. The summed E-state index contributed by atoms with van der Waals surface area (Å²) in [4.78, 5) is 50.3. The number of carbonyl (C=O) groups excluding carboxylic acids is 4. The molecule has 1 aliphatic rings. The highest BCUT2D eigenvalue weighted by Gasteiger charge is 2.36. The smallest absolute Gasteiger partial charge is 0.258 e. The molecule has 2 heterocycles. The number of ketones is 3. The predicted octanol–water partition coefficient (Wildman–Crippen LogP) is 5.28. The van der Waals surface area contributed by atoms with Gasteiger partial charge in [-0.05, 0) is 43.7 Å². The van der Waals surface area contributed by atoms with Gasteiger partial charge in [-0.25, -0.2) is 0 Å². The Morgan fingerprint density at radius 2 is 1.87 bits per heavy atom. The maximum absolute atomic E-state index is 13.2. The molecule has 2 aromatic heterocycles. The van der Waals surface area contributed by atoms with Gasteiger partial charge < -0.3 is 5.32 Å². The van der Waals surface area contributed by atoms with Gasteiger partial charge in [-0.3, -0.25) is 19.2 Å². The Kier molecular flexibility index (Phi) is 6.56. The summed E-state index contributed by atoms with van der Waals surface area (Å²) in [6.07, 6.45) is 0.991. The standard InChI is InChI=1S/C22H22N2O4S3/c1-10(25)9-29-21-16(11(2)17(31-21)12(3)26)19(28)24-20-14(8-23)13-6-22(4,5)7-15(27)18(13)30-20/h6-7,9H2,1-5H3,(H,24,28). The molecule has 9 heteroatoms. The molecule has 0 bridgehead atoms. The van der Waals surface area contributed by atoms with E-state index in [1.54, 1.807) is 6.92 Å². The van der Waals surface area contributed by atoms with Gasteiger partial charge in [0.25, 0.3) is 5.91 Å². The number of nitrogens with one attached hydrogen (secondary N) is 1. The van der Waals surface area contributed by atoms with Gasteiger partial charge in [0.15, 0.2) is 11.6 Å². The highest BCUT2D eigenvalue weighted by atomic mass is 32.2. The number of fused-ring (bicyclic) bond motifs is 1. The number of carbonyl (C=O) groups is 4. The van der Waals surface area contributed by atoms with E-state index in [9.17, 15) is 24.4 Å². The number of nitrogens with zero attached hydrogens (tertiary/aromatic N) is 1. The summed E-state index contributed by atoms with van der Waals surface area (Å²) in [5.74, 6) is -0.461. The van der Waals surface area contributed by atoms with Crippen LogP contribution >= 0.6 is 34.4 Å². The van der Waals surface area contributed by atoms with Gasteiger partial charge in [0, 0.05) is 6.42 Å². The van der Waals surface area contributed by atoms with Crippen LogP contribution in [0.3, 0.4) is 0 Å². The molecule has 3 rings (SSSR count). The number of thiophene rings is 2. The Morgan fingerprint density at radius 1 is 1.19 bits per heavy atom. The fraction of sp³-hybridized carbons (Fsp3) is 0.409. The van der Waals surface area contributed by atoms with Crippen LogP contribution in [-0.2, 0) is 11.2 Å². The summed E-state index contributed by atoms with van der Waals surface area (Å²) in [5.41, 5.74) is 1.67. The van der Waals surface area contributed by atoms with Gasteiger partial charge in [-0.15, -0.1) is 34.4 Å². The molecule has 0 aromatic carbocycles. The molecule has 0 radical (unpaired) electrons. The Labute approximate surface area is 193 Å². The summed E-state index contributed by atoms with van der Waals surface area (Å²) in [6.45, 7) is 8.58. The first-order valence-electron chi connectivity index (χ1n) is 9.62. The Balaban J connectivity index is 2.01. The largest absolute Gasteiger partial charge is 0.312 e. The van der Waals surface area contributed by atoms with E-state index in [2.05, 4.69) is 11.4 Å². The Hall–Kier alpha value is -2.28. The monoisotopic (exact) mass is 474 g/mol.